The first-order valence-electron chi connectivity index (χ1n) is 6.79. The van der Waals surface area contributed by atoms with Gasteiger partial charge >= 0.3 is 5.97 Å². The summed E-state index contributed by atoms with van der Waals surface area (Å²) in [7, 11) is -4.21. The van der Waals surface area contributed by atoms with Crippen LogP contribution in [0.5, 0.6) is 0 Å². The Balaban J connectivity index is 4.76. The third-order valence-corrected chi connectivity index (χ3v) is 4.48. The first-order chi connectivity index (χ1) is 9.20. The maximum absolute atomic E-state index is 11.4. The van der Waals surface area contributed by atoms with E-state index in [0.29, 0.717) is 17.6 Å². The van der Waals surface area contributed by atoms with Crippen LogP contribution in [0.4, 0.5) is 0 Å². The maximum Gasteiger partial charge on any atom is 0.334 e. The van der Waals surface area contributed by atoms with Gasteiger partial charge in [-0.25, -0.2) is 13.2 Å². The highest BCUT2D eigenvalue weighted by molar-refractivity contribution is 7.85. The quantitative estimate of drug-likeness (QED) is 0.210. The van der Waals surface area contributed by atoms with Crippen LogP contribution in [-0.4, -0.2) is 55.0 Å². The minimum absolute atomic E-state index is 0.0767. The van der Waals surface area contributed by atoms with E-state index in [-0.39, 0.29) is 19.2 Å². The number of allylic oxidation sites excluding steroid dienone is 1. The lowest BCUT2D eigenvalue weighted by Gasteiger charge is -2.41. The van der Waals surface area contributed by atoms with E-state index in [9.17, 15) is 17.8 Å². The number of hydrogen-bond donors (Lipinski definition) is 0. The monoisotopic (exact) mass is 307 g/mol. The summed E-state index contributed by atoms with van der Waals surface area (Å²) in [5.74, 6) is -0.808. The van der Waals surface area contributed by atoms with Crippen molar-refractivity contribution in [2.24, 2.45) is 0 Å². The summed E-state index contributed by atoms with van der Waals surface area (Å²) in [6, 6.07) is -0.0767. The normalized spacial score (nSPS) is 14.4. The van der Waals surface area contributed by atoms with Gasteiger partial charge in [0.15, 0.2) is 0 Å². The van der Waals surface area contributed by atoms with Crippen molar-refractivity contribution < 1.29 is 27.0 Å². The van der Waals surface area contributed by atoms with Crippen molar-refractivity contribution in [1.82, 2.24) is 0 Å². The number of nitrogens with zero attached hydrogens (tertiary/aromatic N) is 1. The van der Waals surface area contributed by atoms with Crippen LogP contribution in [0.25, 0.3) is 0 Å². The number of rotatable bonds is 9. The zero-order valence-corrected chi connectivity index (χ0v) is 13.5. The Kier molecular flexibility index (Phi) is 8.00. The summed E-state index contributed by atoms with van der Waals surface area (Å²) >= 11 is 0. The van der Waals surface area contributed by atoms with Gasteiger partial charge in [-0.05, 0) is 27.7 Å². The SMILES string of the molecule is CC=CC(=O)OC[N+](CC)(CC)C(C)CCS(=O)(=O)[O-]. The maximum atomic E-state index is 11.4. The first-order valence-corrected chi connectivity index (χ1v) is 8.37. The standard InChI is InChI=1S/C13H25NO5S/c1-5-8-13(15)19-11-14(6-2,7-3)12(4)9-10-20(16,17)18/h5,8,12H,6-7,9-11H2,1-4H3. The summed E-state index contributed by atoms with van der Waals surface area (Å²) in [5, 5.41) is 0. The minimum atomic E-state index is -4.21. The average Bonchev–Trinajstić information content (AvgIpc) is 2.37. The summed E-state index contributed by atoms with van der Waals surface area (Å²) < 4.78 is 37.8. The number of esters is 1. The van der Waals surface area contributed by atoms with Crippen LogP contribution in [0, 0.1) is 0 Å². The fourth-order valence-corrected chi connectivity index (χ4v) is 2.75. The smallest absolute Gasteiger partial charge is 0.334 e. The molecule has 0 aliphatic carbocycles. The van der Waals surface area contributed by atoms with Crippen molar-refractivity contribution in [2.45, 2.75) is 40.2 Å². The first kappa shape index (κ1) is 19.1. The van der Waals surface area contributed by atoms with Gasteiger partial charge in [0.2, 0.25) is 6.73 Å². The lowest BCUT2D eigenvalue weighted by Crippen LogP contribution is -2.56. The van der Waals surface area contributed by atoms with E-state index in [2.05, 4.69) is 0 Å². The molecule has 0 radical (unpaired) electrons. The van der Waals surface area contributed by atoms with Crippen molar-refractivity contribution in [3.05, 3.63) is 12.2 Å². The molecule has 0 rings (SSSR count). The molecule has 20 heavy (non-hydrogen) atoms. The van der Waals surface area contributed by atoms with Crippen molar-refractivity contribution in [3.8, 4) is 0 Å². The molecule has 0 aromatic rings. The third-order valence-electron chi connectivity index (χ3n) is 3.75. The predicted octanol–water partition coefficient (Wildman–Crippen LogP) is 1.24. The second-order valence-corrected chi connectivity index (χ2v) is 6.37. The Morgan fingerprint density at radius 3 is 2.30 bits per heavy atom. The average molecular weight is 307 g/mol. The molecule has 1 atom stereocenters. The fraction of sp³-hybridized carbons (Fsp3) is 0.769. The van der Waals surface area contributed by atoms with Gasteiger partial charge in [0.25, 0.3) is 0 Å². The topological polar surface area (TPSA) is 83.5 Å². The van der Waals surface area contributed by atoms with E-state index in [0.717, 1.165) is 0 Å². The highest BCUT2D eigenvalue weighted by Crippen LogP contribution is 2.17. The van der Waals surface area contributed by atoms with Crippen LogP contribution in [-0.2, 0) is 19.6 Å². The molecule has 0 bridgehead atoms. The van der Waals surface area contributed by atoms with Crippen molar-refractivity contribution in [1.29, 1.82) is 0 Å². The zero-order chi connectivity index (χ0) is 15.8. The largest absolute Gasteiger partial charge is 0.748 e. The van der Waals surface area contributed by atoms with Gasteiger partial charge in [0.1, 0.15) is 0 Å². The molecule has 0 spiro atoms. The van der Waals surface area contributed by atoms with Crippen LogP contribution in [0.2, 0.25) is 0 Å². The molecule has 0 saturated heterocycles. The molecule has 0 aromatic heterocycles. The molecule has 0 saturated carbocycles. The Bertz CT molecular complexity index is 426. The number of ether oxygens (including phenoxy) is 1. The molecular formula is C13H25NO5S. The molecule has 0 heterocycles. The van der Waals surface area contributed by atoms with Gasteiger partial charge in [0.05, 0.1) is 29.2 Å². The Labute approximate surface area is 121 Å². The summed E-state index contributed by atoms with van der Waals surface area (Å²) in [6.45, 7) is 9.08. The summed E-state index contributed by atoms with van der Waals surface area (Å²) in [4.78, 5) is 11.4. The number of quaternary nitrogens is 1. The van der Waals surface area contributed by atoms with Crippen molar-refractivity contribution in [3.63, 3.8) is 0 Å². The van der Waals surface area contributed by atoms with Crippen LogP contribution >= 0.6 is 0 Å². The molecule has 0 aliphatic heterocycles. The van der Waals surface area contributed by atoms with Gasteiger partial charge < -0.3 is 9.29 Å². The van der Waals surface area contributed by atoms with Crippen molar-refractivity contribution >= 4 is 16.1 Å². The van der Waals surface area contributed by atoms with Gasteiger partial charge in [-0.2, -0.15) is 0 Å². The highest BCUT2D eigenvalue weighted by Gasteiger charge is 2.32. The second kappa shape index (κ2) is 8.39. The van der Waals surface area contributed by atoms with E-state index >= 15 is 0 Å². The Hall–Kier alpha value is -0.920. The minimum Gasteiger partial charge on any atom is -0.748 e. The lowest BCUT2D eigenvalue weighted by molar-refractivity contribution is -0.961. The van der Waals surface area contributed by atoms with Crippen LogP contribution < -0.4 is 0 Å². The fourth-order valence-electron chi connectivity index (χ4n) is 2.12. The van der Waals surface area contributed by atoms with Gasteiger partial charge in [-0.3, -0.25) is 4.48 Å². The van der Waals surface area contributed by atoms with E-state index < -0.39 is 21.8 Å². The third kappa shape index (κ3) is 6.49. The molecule has 0 amide bonds. The molecule has 7 heteroatoms. The van der Waals surface area contributed by atoms with Crippen LogP contribution in [0.1, 0.15) is 34.1 Å². The lowest BCUT2D eigenvalue weighted by atomic mass is 10.1. The second-order valence-electron chi connectivity index (χ2n) is 4.84. The Morgan fingerprint density at radius 2 is 1.90 bits per heavy atom. The predicted molar refractivity (Wildman–Crippen MR) is 75.8 cm³/mol. The molecular weight excluding hydrogens is 282 g/mol. The van der Waals surface area contributed by atoms with E-state index in [1.165, 1.54) is 6.08 Å². The van der Waals surface area contributed by atoms with E-state index in [1.807, 2.05) is 20.8 Å². The van der Waals surface area contributed by atoms with Crippen molar-refractivity contribution in [2.75, 3.05) is 25.6 Å². The molecule has 1 unspecified atom stereocenters. The van der Waals surface area contributed by atoms with Crippen LogP contribution in [0.3, 0.4) is 0 Å². The molecule has 0 fully saturated rings. The number of hydrogen-bond acceptors (Lipinski definition) is 5. The van der Waals surface area contributed by atoms with E-state index in [1.54, 1.807) is 13.0 Å². The molecule has 0 N–H and O–H groups in total. The van der Waals surface area contributed by atoms with E-state index in [4.69, 9.17) is 4.74 Å². The molecule has 0 aliphatic rings. The zero-order valence-electron chi connectivity index (χ0n) is 12.7. The van der Waals surface area contributed by atoms with Gasteiger partial charge in [-0.1, -0.05) is 6.08 Å². The Morgan fingerprint density at radius 1 is 1.35 bits per heavy atom. The molecule has 0 aromatic carbocycles. The van der Waals surface area contributed by atoms with Gasteiger partial charge in [0, 0.05) is 18.2 Å². The molecule has 118 valence electrons. The highest BCUT2D eigenvalue weighted by atomic mass is 32.2. The van der Waals surface area contributed by atoms with Crippen LogP contribution in [0.15, 0.2) is 12.2 Å². The van der Waals surface area contributed by atoms with Gasteiger partial charge in [-0.15, -0.1) is 0 Å². The molecule has 6 nitrogen and oxygen atoms in total. The summed E-state index contributed by atoms with van der Waals surface area (Å²) in [5.41, 5.74) is 0. The number of carbonyl (C=O) groups excluding carboxylic acids is 1. The number of carbonyl (C=O) groups is 1. The summed E-state index contributed by atoms with van der Waals surface area (Å²) in [6.07, 6.45) is 3.20.